The molecule has 0 spiro atoms. The second-order valence-corrected chi connectivity index (χ2v) is 7.01. The first-order valence-electron chi connectivity index (χ1n) is 6.89. The lowest BCUT2D eigenvalue weighted by molar-refractivity contribution is 0.571. The van der Waals surface area contributed by atoms with Gasteiger partial charge in [-0.2, -0.15) is 0 Å². The summed E-state index contributed by atoms with van der Waals surface area (Å²) in [6.45, 7) is 9.45. The lowest BCUT2D eigenvalue weighted by atomic mass is 10.0. The molecule has 0 bridgehead atoms. The van der Waals surface area contributed by atoms with E-state index in [1.54, 1.807) is 11.3 Å². The summed E-state index contributed by atoms with van der Waals surface area (Å²) in [6, 6.07) is 6.53. The molecule has 108 valence electrons. The molecule has 0 saturated carbocycles. The average Bonchev–Trinajstić information content (AvgIpc) is 2.73. The topological polar surface area (TPSA) is 24.9 Å². The summed E-state index contributed by atoms with van der Waals surface area (Å²) in [5, 5.41) is 3.58. The van der Waals surface area contributed by atoms with Crippen molar-refractivity contribution in [1.29, 1.82) is 0 Å². The molecule has 0 aliphatic carbocycles. The van der Waals surface area contributed by atoms with Gasteiger partial charge in [0, 0.05) is 28.9 Å². The fourth-order valence-corrected chi connectivity index (χ4v) is 3.78. The summed E-state index contributed by atoms with van der Waals surface area (Å²) in [4.78, 5) is 5.89. The van der Waals surface area contributed by atoms with Crippen LogP contribution >= 0.6 is 22.9 Å². The monoisotopic (exact) mass is 308 g/mol. The van der Waals surface area contributed by atoms with Gasteiger partial charge in [-0.1, -0.05) is 11.6 Å². The number of aryl methyl sites for hydroxylation is 3. The third-order valence-electron chi connectivity index (χ3n) is 3.47. The normalized spacial score (nSPS) is 12.7. The van der Waals surface area contributed by atoms with Gasteiger partial charge in [0.25, 0.3) is 0 Å². The number of halogens is 1. The first-order chi connectivity index (χ1) is 9.47. The summed E-state index contributed by atoms with van der Waals surface area (Å²) >= 11 is 7.60. The van der Waals surface area contributed by atoms with Gasteiger partial charge in [-0.25, -0.2) is 0 Å². The van der Waals surface area contributed by atoms with Gasteiger partial charge in [0.2, 0.25) is 0 Å². The first kappa shape index (κ1) is 15.5. The highest BCUT2D eigenvalue weighted by atomic mass is 35.5. The molecule has 0 aromatic carbocycles. The van der Waals surface area contributed by atoms with Gasteiger partial charge >= 0.3 is 0 Å². The van der Waals surface area contributed by atoms with Gasteiger partial charge in [-0.15, -0.1) is 11.3 Å². The van der Waals surface area contributed by atoms with Crippen molar-refractivity contribution < 1.29 is 0 Å². The fraction of sp³-hybridized carbons (Fsp3) is 0.438. The van der Waals surface area contributed by atoms with E-state index in [4.69, 9.17) is 11.6 Å². The van der Waals surface area contributed by atoms with E-state index in [2.05, 4.69) is 43.2 Å². The van der Waals surface area contributed by atoms with Gasteiger partial charge in [0.05, 0.1) is 4.34 Å². The van der Waals surface area contributed by atoms with Gasteiger partial charge in [0.15, 0.2) is 0 Å². The second-order valence-electron chi connectivity index (χ2n) is 5.21. The molecule has 2 rings (SSSR count). The molecule has 2 heterocycles. The molecule has 0 fully saturated rings. The van der Waals surface area contributed by atoms with Crippen LogP contribution in [0, 0.1) is 20.8 Å². The molecule has 1 N–H and O–H groups in total. The quantitative estimate of drug-likeness (QED) is 0.872. The van der Waals surface area contributed by atoms with E-state index < -0.39 is 0 Å². The molecule has 0 aliphatic heterocycles. The van der Waals surface area contributed by atoms with Crippen molar-refractivity contribution in [2.45, 2.75) is 40.2 Å². The minimum absolute atomic E-state index is 0.318. The van der Waals surface area contributed by atoms with Crippen molar-refractivity contribution in [2.24, 2.45) is 0 Å². The largest absolute Gasteiger partial charge is 0.310 e. The molecule has 20 heavy (non-hydrogen) atoms. The Morgan fingerprint density at radius 1 is 1.30 bits per heavy atom. The minimum Gasteiger partial charge on any atom is -0.310 e. The third kappa shape index (κ3) is 3.81. The van der Waals surface area contributed by atoms with Crippen molar-refractivity contribution in [3.05, 3.63) is 49.9 Å². The minimum atomic E-state index is 0.318. The number of thiophene rings is 1. The zero-order chi connectivity index (χ0) is 14.7. The second kappa shape index (κ2) is 6.70. The third-order valence-corrected chi connectivity index (χ3v) is 4.76. The van der Waals surface area contributed by atoms with Crippen molar-refractivity contribution in [3.63, 3.8) is 0 Å². The molecular formula is C16H21ClN2S. The van der Waals surface area contributed by atoms with Crippen LogP contribution in [0.15, 0.2) is 18.2 Å². The number of aromatic nitrogens is 1. The van der Waals surface area contributed by atoms with Crippen LogP contribution in [-0.4, -0.2) is 11.5 Å². The van der Waals surface area contributed by atoms with E-state index in [1.165, 1.54) is 16.0 Å². The molecule has 2 aromatic heterocycles. The lowest BCUT2D eigenvalue weighted by Crippen LogP contribution is -2.23. The predicted octanol–water partition coefficient (Wildman–Crippen LogP) is 4.62. The van der Waals surface area contributed by atoms with Crippen molar-refractivity contribution in [3.8, 4) is 0 Å². The molecule has 0 aliphatic rings. The molecule has 1 unspecified atom stereocenters. The van der Waals surface area contributed by atoms with E-state index in [0.717, 1.165) is 28.7 Å². The van der Waals surface area contributed by atoms with Crippen molar-refractivity contribution in [1.82, 2.24) is 10.3 Å². The number of rotatable bonds is 5. The lowest BCUT2D eigenvalue weighted by Gasteiger charge is -2.19. The highest BCUT2D eigenvalue weighted by Gasteiger charge is 2.12. The summed E-state index contributed by atoms with van der Waals surface area (Å²) in [7, 11) is 0. The van der Waals surface area contributed by atoms with E-state index in [0.29, 0.717) is 6.04 Å². The molecule has 0 saturated heterocycles. The Morgan fingerprint density at radius 3 is 2.65 bits per heavy atom. The van der Waals surface area contributed by atoms with Crippen LogP contribution in [0.5, 0.6) is 0 Å². The van der Waals surface area contributed by atoms with Crippen LogP contribution in [0.2, 0.25) is 4.34 Å². The van der Waals surface area contributed by atoms with Gasteiger partial charge in [-0.05, 0) is 63.4 Å². The van der Waals surface area contributed by atoms with E-state index >= 15 is 0 Å². The predicted molar refractivity (Wildman–Crippen MR) is 87.9 cm³/mol. The zero-order valence-corrected chi connectivity index (χ0v) is 14.0. The highest BCUT2D eigenvalue weighted by Crippen LogP contribution is 2.23. The molecule has 4 heteroatoms. The standard InChI is InChI=1S/C16H21ClN2S/c1-10-9-11(2)19-13(4)16(10)12(3)18-8-7-14-5-6-15(17)20-14/h5-6,9,12,18H,7-8H2,1-4H3. The van der Waals surface area contributed by atoms with Crippen LogP contribution < -0.4 is 5.32 Å². The zero-order valence-electron chi connectivity index (χ0n) is 12.5. The summed E-state index contributed by atoms with van der Waals surface area (Å²) in [5.74, 6) is 0. The maximum absolute atomic E-state index is 5.94. The number of nitrogens with zero attached hydrogens (tertiary/aromatic N) is 1. The van der Waals surface area contributed by atoms with Gasteiger partial charge < -0.3 is 5.32 Å². The Morgan fingerprint density at radius 2 is 2.05 bits per heavy atom. The number of nitrogens with one attached hydrogen (secondary N) is 1. The maximum Gasteiger partial charge on any atom is 0.0931 e. The smallest absolute Gasteiger partial charge is 0.0931 e. The molecule has 0 amide bonds. The molecule has 2 nitrogen and oxygen atoms in total. The molecule has 2 aromatic rings. The Hall–Kier alpha value is -0.900. The fourth-order valence-electron chi connectivity index (χ4n) is 2.69. The Bertz CT molecular complexity index is 569. The van der Waals surface area contributed by atoms with Crippen LogP contribution in [0.4, 0.5) is 0 Å². The van der Waals surface area contributed by atoms with E-state index in [9.17, 15) is 0 Å². The van der Waals surface area contributed by atoms with Crippen molar-refractivity contribution >= 4 is 22.9 Å². The van der Waals surface area contributed by atoms with Crippen LogP contribution in [-0.2, 0) is 6.42 Å². The Balaban J connectivity index is 1.96. The Kier molecular flexibility index (Phi) is 5.19. The van der Waals surface area contributed by atoms with Gasteiger partial charge in [0.1, 0.15) is 0 Å². The number of hydrogen-bond donors (Lipinski definition) is 1. The molecule has 1 atom stereocenters. The summed E-state index contributed by atoms with van der Waals surface area (Å²) in [5.41, 5.74) is 4.85. The highest BCUT2D eigenvalue weighted by molar-refractivity contribution is 7.16. The SMILES string of the molecule is Cc1cc(C)c(C(C)NCCc2ccc(Cl)s2)c(C)n1. The van der Waals surface area contributed by atoms with Crippen LogP contribution in [0.3, 0.4) is 0 Å². The van der Waals surface area contributed by atoms with E-state index in [-0.39, 0.29) is 0 Å². The molecule has 0 radical (unpaired) electrons. The first-order valence-corrected chi connectivity index (χ1v) is 8.09. The number of hydrogen-bond acceptors (Lipinski definition) is 3. The Labute approximate surface area is 130 Å². The van der Waals surface area contributed by atoms with Gasteiger partial charge in [-0.3, -0.25) is 4.98 Å². The summed E-state index contributed by atoms with van der Waals surface area (Å²) in [6.07, 6.45) is 1.01. The van der Waals surface area contributed by atoms with Crippen LogP contribution in [0.25, 0.3) is 0 Å². The average molecular weight is 309 g/mol. The number of pyridine rings is 1. The maximum atomic E-state index is 5.94. The van der Waals surface area contributed by atoms with E-state index in [1.807, 2.05) is 13.0 Å². The summed E-state index contributed by atoms with van der Waals surface area (Å²) < 4.78 is 0.863. The van der Waals surface area contributed by atoms with Crippen LogP contribution in [0.1, 0.15) is 40.4 Å². The van der Waals surface area contributed by atoms with Crippen molar-refractivity contribution in [2.75, 3.05) is 6.54 Å². The molecular weight excluding hydrogens is 288 g/mol.